The van der Waals surface area contributed by atoms with E-state index in [9.17, 15) is 0 Å². The fourth-order valence-corrected chi connectivity index (χ4v) is 5.13. The van der Waals surface area contributed by atoms with Gasteiger partial charge in [-0.1, -0.05) is 12.8 Å². The summed E-state index contributed by atoms with van der Waals surface area (Å²) in [6.45, 7) is 1.99. The molecule has 1 heterocycles. The largest absolute Gasteiger partial charge is 0.381 e. The van der Waals surface area contributed by atoms with E-state index in [-0.39, 0.29) is 0 Å². The van der Waals surface area contributed by atoms with Crippen molar-refractivity contribution in [3.8, 4) is 0 Å². The second-order valence-electron chi connectivity index (χ2n) is 7.45. The minimum atomic E-state index is 0.435. The van der Waals surface area contributed by atoms with Gasteiger partial charge in [0, 0.05) is 32.3 Å². The van der Waals surface area contributed by atoms with Crippen LogP contribution in [0.25, 0.3) is 0 Å². The van der Waals surface area contributed by atoms with Crippen molar-refractivity contribution in [1.29, 1.82) is 0 Å². The van der Waals surface area contributed by atoms with Gasteiger partial charge in [0.1, 0.15) is 0 Å². The van der Waals surface area contributed by atoms with E-state index in [1.54, 1.807) is 0 Å². The van der Waals surface area contributed by atoms with Crippen molar-refractivity contribution >= 4 is 0 Å². The van der Waals surface area contributed by atoms with Gasteiger partial charge in [-0.3, -0.25) is 4.90 Å². The molecule has 2 atom stereocenters. The van der Waals surface area contributed by atoms with E-state index in [0.717, 1.165) is 24.4 Å². The molecule has 20 heavy (non-hydrogen) atoms. The SMILES string of the molecule is COC1CCN(C2CCC3(CCCC3)CC2)C(CN)C1. The van der Waals surface area contributed by atoms with Gasteiger partial charge in [0.25, 0.3) is 0 Å². The highest BCUT2D eigenvalue weighted by Gasteiger charge is 2.41. The number of ether oxygens (including phenoxy) is 1. The van der Waals surface area contributed by atoms with Gasteiger partial charge >= 0.3 is 0 Å². The number of methoxy groups -OCH3 is 1. The molecule has 0 aromatic carbocycles. The molecule has 3 heteroatoms. The first-order valence-corrected chi connectivity index (χ1v) is 8.75. The molecule has 2 saturated carbocycles. The zero-order valence-corrected chi connectivity index (χ0v) is 13.2. The van der Waals surface area contributed by atoms with Crippen molar-refractivity contribution in [2.75, 3.05) is 20.2 Å². The van der Waals surface area contributed by atoms with Crippen molar-refractivity contribution in [1.82, 2.24) is 4.90 Å². The Kier molecular flexibility index (Phi) is 4.68. The number of nitrogens with zero attached hydrogens (tertiary/aromatic N) is 1. The van der Waals surface area contributed by atoms with Crippen molar-refractivity contribution in [3.05, 3.63) is 0 Å². The molecule has 1 spiro atoms. The zero-order valence-electron chi connectivity index (χ0n) is 13.2. The predicted molar refractivity (Wildman–Crippen MR) is 82.7 cm³/mol. The predicted octanol–water partition coefficient (Wildman–Crippen LogP) is 2.93. The Morgan fingerprint density at radius 1 is 1.10 bits per heavy atom. The molecular formula is C17H32N2O. The van der Waals surface area contributed by atoms with Crippen LogP contribution in [-0.2, 0) is 4.74 Å². The summed E-state index contributed by atoms with van der Waals surface area (Å²) in [5.74, 6) is 0. The van der Waals surface area contributed by atoms with Crippen LogP contribution in [0.3, 0.4) is 0 Å². The lowest BCUT2D eigenvalue weighted by atomic mass is 9.70. The summed E-state index contributed by atoms with van der Waals surface area (Å²) in [5.41, 5.74) is 6.79. The minimum Gasteiger partial charge on any atom is -0.381 e. The van der Waals surface area contributed by atoms with E-state index in [2.05, 4.69) is 4.90 Å². The van der Waals surface area contributed by atoms with E-state index < -0.39 is 0 Å². The van der Waals surface area contributed by atoms with Gasteiger partial charge in [0.2, 0.25) is 0 Å². The Morgan fingerprint density at radius 2 is 1.80 bits per heavy atom. The molecule has 116 valence electrons. The quantitative estimate of drug-likeness (QED) is 0.864. The lowest BCUT2D eigenvalue weighted by Gasteiger charge is -2.47. The van der Waals surface area contributed by atoms with Crippen molar-refractivity contribution < 1.29 is 4.74 Å². The van der Waals surface area contributed by atoms with E-state index in [1.807, 2.05) is 7.11 Å². The molecule has 1 aliphatic heterocycles. The third-order valence-electron chi connectivity index (χ3n) is 6.47. The van der Waals surface area contributed by atoms with Crippen molar-refractivity contribution in [2.45, 2.75) is 82.4 Å². The maximum Gasteiger partial charge on any atom is 0.0599 e. The smallest absolute Gasteiger partial charge is 0.0599 e. The maximum absolute atomic E-state index is 6.04. The fraction of sp³-hybridized carbons (Fsp3) is 1.00. The molecule has 0 aromatic heterocycles. The monoisotopic (exact) mass is 280 g/mol. The van der Waals surface area contributed by atoms with Gasteiger partial charge in [-0.15, -0.1) is 0 Å². The molecule has 1 saturated heterocycles. The molecule has 3 rings (SSSR count). The van der Waals surface area contributed by atoms with E-state index >= 15 is 0 Å². The summed E-state index contributed by atoms with van der Waals surface area (Å²) >= 11 is 0. The highest BCUT2D eigenvalue weighted by molar-refractivity contribution is 4.95. The summed E-state index contributed by atoms with van der Waals surface area (Å²) < 4.78 is 5.55. The van der Waals surface area contributed by atoms with Crippen LogP contribution in [0.1, 0.15) is 64.2 Å². The second kappa shape index (κ2) is 6.33. The van der Waals surface area contributed by atoms with Gasteiger partial charge in [-0.25, -0.2) is 0 Å². The topological polar surface area (TPSA) is 38.5 Å². The van der Waals surface area contributed by atoms with Gasteiger partial charge in [0.05, 0.1) is 6.10 Å². The molecule has 2 aliphatic carbocycles. The lowest BCUT2D eigenvalue weighted by Crippen LogP contribution is -2.54. The Hall–Kier alpha value is -0.120. The fourth-order valence-electron chi connectivity index (χ4n) is 5.13. The van der Waals surface area contributed by atoms with Crippen LogP contribution in [0, 0.1) is 5.41 Å². The van der Waals surface area contributed by atoms with Crippen LogP contribution in [0.4, 0.5) is 0 Å². The van der Waals surface area contributed by atoms with Crippen LogP contribution < -0.4 is 5.73 Å². The Morgan fingerprint density at radius 3 is 2.40 bits per heavy atom. The van der Waals surface area contributed by atoms with Gasteiger partial charge in [-0.05, 0) is 56.8 Å². The summed E-state index contributed by atoms with van der Waals surface area (Å²) in [7, 11) is 1.85. The maximum atomic E-state index is 6.04. The number of nitrogens with two attached hydrogens (primary N) is 1. The molecule has 3 fully saturated rings. The average molecular weight is 280 g/mol. The average Bonchev–Trinajstić information content (AvgIpc) is 2.96. The van der Waals surface area contributed by atoms with E-state index in [1.165, 1.54) is 64.3 Å². The van der Waals surface area contributed by atoms with Gasteiger partial charge in [0.15, 0.2) is 0 Å². The van der Waals surface area contributed by atoms with Gasteiger partial charge < -0.3 is 10.5 Å². The Bertz CT molecular complexity index is 304. The normalized spacial score (nSPS) is 35.7. The van der Waals surface area contributed by atoms with Gasteiger partial charge in [-0.2, -0.15) is 0 Å². The third kappa shape index (κ3) is 2.90. The van der Waals surface area contributed by atoms with Crippen LogP contribution in [0.5, 0.6) is 0 Å². The highest BCUT2D eigenvalue weighted by Crippen LogP contribution is 2.50. The molecule has 0 bridgehead atoms. The summed E-state index contributed by atoms with van der Waals surface area (Å²) in [5, 5.41) is 0. The molecule has 0 aromatic rings. The molecular weight excluding hydrogens is 248 g/mol. The van der Waals surface area contributed by atoms with Crippen molar-refractivity contribution in [2.24, 2.45) is 11.1 Å². The molecule has 3 aliphatic rings. The minimum absolute atomic E-state index is 0.435. The number of rotatable bonds is 3. The van der Waals surface area contributed by atoms with Crippen LogP contribution in [0.15, 0.2) is 0 Å². The number of hydrogen-bond acceptors (Lipinski definition) is 3. The van der Waals surface area contributed by atoms with Crippen LogP contribution in [-0.4, -0.2) is 43.3 Å². The lowest BCUT2D eigenvalue weighted by molar-refractivity contribution is -0.0203. The number of hydrogen-bond donors (Lipinski definition) is 1. The van der Waals surface area contributed by atoms with Crippen molar-refractivity contribution in [3.63, 3.8) is 0 Å². The molecule has 0 amide bonds. The highest BCUT2D eigenvalue weighted by atomic mass is 16.5. The summed E-state index contributed by atoms with van der Waals surface area (Å²) in [4.78, 5) is 2.73. The van der Waals surface area contributed by atoms with Crippen LogP contribution in [0.2, 0.25) is 0 Å². The van der Waals surface area contributed by atoms with Crippen LogP contribution >= 0.6 is 0 Å². The molecule has 3 nitrogen and oxygen atoms in total. The molecule has 2 unspecified atom stereocenters. The van der Waals surface area contributed by atoms with E-state index in [4.69, 9.17) is 10.5 Å². The third-order valence-corrected chi connectivity index (χ3v) is 6.47. The number of piperidine rings is 1. The first-order chi connectivity index (χ1) is 9.76. The number of likely N-dealkylation sites (tertiary alicyclic amines) is 1. The first-order valence-electron chi connectivity index (χ1n) is 8.75. The molecule has 0 radical (unpaired) electrons. The summed E-state index contributed by atoms with van der Waals surface area (Å²) in [6, 6.07) is 1.35. The second-order valence-corrected chi connectivity index (χ2v) is 7.45. The molecule has 2 N–H and O–H groups in total. The van der Waals surface area contributed by atoms with E-state index in [0.29, 0.717) is 12.1 Å². The Labute approximate surface area is 124 Å². The first kappa shape index (κ1) is 14.8. The Balaban J connectivity index is 1.56. The standard InChI is InChI=1S/C17H32N2O/c1-20-16-6-11-19(15(12-16)13-18)14-4-9-17(10-5-14)7-2-3-8-17/h14-16H,2-13,18H2,1H3. The zero-order chi connectivity index (χ0) is 14.0. The summed E-state index contributed by atoms with van der Waals surface area (Å²) in [6.07, 6.45) is 14.5.